The van der Waals surface area contributed by atoms with Crippen molar-refractivity contribution in [1.82, 2.24) is 5.32 Å². The summed E-state index contributed by atoms with van der Waals surface area (Å²) in [6, 6.07) is 22.9. The fourth-order valence-electron chi connectivity index (χ4n) is 3.57. The first-order valence-electron chi connectivity index (χ1n) is 10.2. The maximum atomic E-state index is 13.3. The first-order valence-corrected chi connectivity index (χ1v) is 11.0. The molecule has 0 unspecified atom stereocenters. The molecule has 2 aliphatic rings. The molecular weight excluding hydrogens is 424 g/mol. The van der Waals surface area contributed by atoms with Gasteiger partial charge in [0, 0.05) is 11.4 Å². The highest BCUT2D eigenvalue weighted by Gasteiger charge is 2.30. The second-order valence-corrected chi connectivity index (χ2v) is 8.43. The van der Waals surface area contributed by atoms with Crippen LogP contribution >= 0.6 is 11.8 Å². The first-order chi connectivity index (χ1) is 15.7. The Morgan fingerprint density at radius 1 is 1.00 bits per heavy atom. The van der Waals surface area contributed by atoms with Crippen LogP contribution in [0.15, 0.2) is 82.6 Å². The average molecular weight is 445 g/mol. The van der Waals surface area contributed by atoms with Crippen LogP contribution in [0.1, 0.15) is 11.1 Å². The van der Waals surface area contributed by atoms with Crippen LogP contribution in [0.25, 0.3) is 6.08 Å². The second-order valence-electron chi connectivity index (χ2n) is 7.34. The molecule has 0 bridgehead atoms. The lowest BCUT2D eigenvalue weighted by Crippen LogP contribution is -2.42. The Kier molecular flexibility index (Phi) is 5.56. The van der Waals surface area contributed by atoms with Gasteiger partial charge >= 0.3 is 0 Å². The molecule has 3 aromatic rings. The molecule has 0 saturated heterocycles. The Morgan fingerprint density at radius 3 is 2.66 bits per heavy atom. The lowest BCUT2D eigenvalue weighted by Gasteiger charge is -2.29. The van der Waals surface area contributed by atoms with E-state index in [1.54, 1.807) is 0 Å². The van der Waals surface area contributed by atoms with Crippen molar-refractivity contribution >= 4 is 35.3 Å². The number of carbonyl (C=O) groups excluding carboxylic acids is 2. The molecule has 2 heterocycles. The Labute approximate surface area is 189 Å². The van der Waals surface area contributed by atoms with E-state index >= 15 is 0 Å². The van der Waals surface area contributed by atoms with Gasteiger partial charge in [0.25, 0.3) is 5.91 Å². The van der Waals surface area contributed by atoms with Crippen molar-refractivity contribution in [3.63, 3.8) is 0 Å². The molecule has 0 radical (unpaired) electrons. The number of hydrogen-bond acceptors (Lipinski definition) is 5. The van der Waals surface area contributed by atoms with Gasteiger partial charge in [0.15, 0.2) is 11.5 Å². The molecule has 0 saturated carbocycles. The van der Waals surface area contributed by atoms with Gasteiger partial charge in [0.2, 0.25) is 12.7 Å². The van der Waals surface area contributed by atoms with Crippen molar-refractivity contribution in [1.29, 1.82) is 0 Å². The Morgan fingerprint density at radius 2 is 1.78 bits per heavy atom. The minimum absolute atomic E-state index is 0.0624. The Bertz CT molecular complexity index is 1210. The third-order valence-electron chi connectivity index (χ3n) is 5.16. The van der Waals surface area contributed by atoms with Crippen LogP contribution in [-0.2, 0) is 16.1 Å². The molecule has 2 aliphatic heterocycles. The number of nitrogens with one attached hydrogen (secondary N) is 1. The summed E-state index contributed by atoms with van der Waals surface area (Å²) in [5, 5.41) is 2.90. The maximum Gasteiger partial charge on any atom is 0.265 e. The predicted molar refractivity (Wildman–Crippen MR) is 123 cm³/mol. The highest BCUT2D eigenvalue weighted by atomic mass is 32.2. The lowest BCUT2D eigenvalue weighted by molar-refractivity contribution is -0.122. The van der Waals surface area contributed by atoms with E-state index in [4.69, 9.17) is 9.47 Å². The van der Waals surface area contributed by atoms with Gasteiger partial charge in [-0.2, -0.15) is 0 Å². The number of para-hydroxylation sites is 1. The fraction of sp³-hybridized carbons (Fsp3) is 0.120. The van der Waals surface area contributed by atoms with Gasteiger partial charge in [0.05, 0.1) is 10.6 Å². The number of ether oxygens (including phenoxy) is 2. The number of thioether (sulfide) groups is 1. The summed E-state index contributed by atoms with van der Waals surface area (Å²) in [5.74, 6) is 0.947. The number of amides is 2. The molecule has 6 nitrogen and oxygen atoms in total. The number of rotatable bonds is 5. The number of carbonyl (C=O) groups is 2. The normalized spacial score (nSPS) is 15.6. The maximum absolute atomic E-state index is 13.3. The quantitative estimate of drug-likeness (QED) is 0.597. The molecule has 0 atom stereocenters. The van der Waals surface area contributed by atoms with Gasteiger partial charge in [-0.1, -0.05) is 60.3 Å². The van der Waals surface area contributed by atoms with Crippen LogP contribution in [-0.4, -0.2) is 25.2 Å². The van der Waals surface area contributed by atoms with Crippen molar-refractivity contribution in [3.8, 4) is 11.5 Å². The molecule has 1 N–H and O–H groups in total. The molecule has 0 spiro atoms. The minimum atomic E-state index is -0.239. The van der Waals surface area contributed by atoms with Crippen LogP contribution in [0.4, 0.5) is 5.69 Å². The standard InChI is InChI=1S/C25H20N2O4S/c28-24(26-14-18-10-11-20-21(12-18)31-16-30-20)15-27-19-8-4-5-9-22(19)32-23(25(27)29)13-17-6-2-1-3-7-17/h1-13H,14-16H2,(H,26,28)/b23-13-. The number of nitrogens with zero attached hydrogens (tertiary/aromatic N) is 1. The Hall–Kier alpha value is -3.71. The van der Waals surface area contributed by atoms with Crippen LogP contribution in [0.3, 0.4) is 0 Å². The number of hydrogen-bond donors (Lipinski definition) is 1. The van der Waals surface area contributed by atoms with E-state index in [0.717, 1.165) is 21.7 Å². The molecule has 0 aliphatic carbocycles. The van der Waals surface area contributed by atoms with Crippen LogP contribution in [0, 0.1) is 0 Å². The molecule has 0 aromatic heterocycles. The zero-order valence-corrected chi connectivity index (χ0v) is 17.9. The summed E-state index contributed by atoms with van der Waals surface area (Å²) in [6.07, 6.45) is 1.86. The summed E-state index contributed by atoms with van der Waals surface area (Å²) in [6.45, 7) is 0.478. The summed E-state index contributed by atoms with van der Waals surface area (Å²) < 4.78 is 10.7. The number of fused-ring (bicyclic) bond motifs is 2. The summed E-state index contributed by atoms with van der Waals surface area (Å²) >= 11 is 1.42. The van der Waals surface area contributed by atoms with Crippen molar-refractivity contribution in [2.45, 2.75) is 11.4 Å². The largest absolute Gasteiger partial charge is 0.454 e. The first kappa shape index (κ1) is 20.2. The molecule has 5 rings (SSSR count). The smallest absolute Gasteiger partial charge is 0.265 e. The second kappa shape index (κ2) is 8.80. The van der Waals surface area contributed by atoms with Crippen molar-refractivity contribution in [2.24, 2.45) is 0 Å². The highest BCUT2D eigenvalue weighted by Crippen LogP contribution is 2.41. The van der Waals surface area contributed by atoms with E-state index in [2.05, 4.69) is 5.32 Å². The molecule has 2 amide bonds. The van der Waals surface area contributed by atoms with E-state index in [1.807, 2.05) is 78.9 Å². The molecular formula is C25H20N2O4S. The highest BCUT2D eigenvalue weighted by molar-refractivity contribution is 8.04. The SMILES string of the molecule is O=C(CN1C(=O)/C(=C/c2ccccc2)Sc2ccccc21)NCc1ccc2c(c1)OCO2. The van der Waals surface area contributed by atoms with Gasteiger partial charge < -0.3 is 14.8 Å². The van der Waals surface area contributed by atoms with Crippen molar-refractivity contribution < 1.29 is 19.1 Å². The number of benzene rings is 3. The van der Waals surface area contributed by atoms with Crippen LogP contribution in [0.2, 0.25) is 0 Å². The molecule has 7 heteroatoms. The molecule has 3 aromatic carbocycles. The summed E-state index contributed by atoms with van der Waals surface area (Å²) in [5.41, 5.74) is 2.58. The fourth-order valence-corrected chi connectivity index (χ4v) is 4.63. The molecule has 160 valence electrons. The minimum Gasteiger partial charge on any atom is -0.454 e. The van der Waals surface area contributed by atoms with Gasteiger partial charge in [-0.05, 0) is 41.5 Å². The van der Waals surface area contributed by atoms with E-state index < -0.39 is 0 Å². The third kappa shape index (κ3) is 4.20. The van der Waals surface area contributed by atoms with E-state index in [9.17, 15) is 9.59 Å². The van der Waals surface area contributed by atoms with E-state index in [-0.39, 0.29) is 25.2 Å². The topological polar surface area (TPSA) is 67.9 Å². The summed E-state index contributed by atoms with van der Waals surface area (Å²) in [4.78, 5) is 29.1. The third-order valence-corrected chi connectivity index (χ3v) is 6.24. The van der Waals surface area contributed by atoms with Gasteiger partial charge in [0.1, 0.15) is 6.54 Å². The average Bonchev–Trinajstić information content (AvgIpc) is 3.29. The lowest BCUT2D eigenvalue weighted by atomic mass is 10.2. The van der Waals surface area contributed by atoms with Crippen molar-refractivity contribution in [3.05, 3.63) is 88.8 Å². The van der Waals surface area contributed by atoms with E-state index in [1.165, 1.54) is 16.7 Å². The number of anilines is 1. The Balaban J connectivity index is 1.32. The monoisotopic (exact) mass is 444 g/mol. The van der Waals surface area contributed by atoms with Crippen molar-refractivity contribution in [2.75, 3.05) is 18.2 Å². The zero-order chi connectivity index (χ0) is 21.9. The van der Waals surface area contributed by atoms with Crippen LogP contribution in [0.5, 0.6) is 11.5 Å². The van der Waals surface area contributed by atoms with E-state index in [0.29, 0.717) is 22.9 Å². The summed E-state index contributed by atoms with van der Waals surface area (Å²) in [7, 11) is 0. The zero-order valence-electron chi connectivity index (χ0n) is 17.1. The predicted octanol–water partition coefficient (Wildman–Crippen LogP) is 4.21. The molecule has 0 fully saturated rings. The van der Waals surface area contributed by atoms with Gasteiger partial charge in [-0.15, -0.1) is 0 Å². The van der Waals surface area contributed by atoms with Gasteiger partial charge in [-0.3, -0.25) is 14.5 Å². The van der Waals surface area contributed by atoms with Crippen LogP contribution < -0.4 is 19.7 Å². The molecule has 32 heavy (non-hydrogen) atoms. The van der Waals surface area contributed by atoms with Gasteiger partial charge in [-0.25, -0.2) is 0 Å².